The lowest BCUT2D eigenvalue weighted by Gasteiger charge is -2.34. The van der Waals surface area contributed by atoms with Gasteiger partial charge >= 0.3 is 0 Å². The number of nitro groups is 1. The van der Waals surface area contributed by atoms with Gasteiger partial charge in [-0.25, -0.2) is 5.48 Å². The summed E-state index contributed by atoms with van der Waals surface area (Å²) in [6.45, 7) is 1.11. The van der Waals surface area contributed by atoms with Crippen LogP contribution in [-0.4, -0.2) is 36.2 Å². The topological polar surface area (TPSA) is 105 Å². The first-order chi connectivity index (χ1) is 13.1. The monoisotopic (exact) mass is 371 g/mol. The number of methoxy groups -OCH3 is 1. The van der Waals surface area contributed by atoms with Gasteiger partial charge in [-0.05, 0) is 36.5 Å². The summed E-state index contributed by atoms with van der Waals surface area (Å²) in [5.41, 5.74) is 2.87. The molecule has 0 atom stereocenters. The van der Waals surface area contributed by atoms with Gasteiger partial charge in [-0.1, -0.05) is 24.3 Å². The third-order valence-corrected chi connectivity index (χ3v) is 4.95. The quantitative estimate of drug-likeness (QED) is 0.475. The SMILES string of the molecule is COc1ccccc1C1CCN(c2c(C(=O)NO)cccc2[N+](=O)[O-])CC1. The Kier molecular flexibility index (Phi) is 5.56. The number of nitrogens with zero attached hydrogens (tertiary/aromatic N) is 2. The number of rotatable bonds is 5. The molecule has 1 saturated heterocycles. The highest BCUT2D eigenvalue weighted by Gasteiger charge is 2.30. The Bertz CT molecular complexity index is 847. The molecule has 1 aliphatic rings. The number of ether oxygens (including phenoxy) is 1. The molecule has 1 amide bonds. The Hall–Kier alpha value is -3.13. The molecule has 2 aromatic carbocycles. The van der Waals surface area contributed by atoms with E-state index in [0.717, 1.165) is 24.2 Å². The van der Waals surface area contributed by atoms with E-state index in [1.165, 1.54) is 18.2 Å². The summed E-state index contributed by atoms with van der Waals surface area (Å²) >= 11 is 0. The summed E-state index contributed by atoms with van der Waals surface area (Å²) in [7, 11) is 1.64. The van der Waals surface area contributed by atoms with Crippen LogP contribution in [0.2, 0.25) is 0 Å². The van der Waals surface area contributed by atoms with E-state index in [1.807, 2.05) is 29.2 Å². The number of para-hydroxylation sites is 2. The maximum Gasteiger partial charge on any atom is 0.293 e. The number of nitrogens with one attached hydrogen (secondary N) is 1. The predicted molar refractivity (Wildman–Crippen MR) is 99.5 cm³/mol. The molecule has 1 heterocycles. The van der Waals surface area contributed by atoms with Gasteiger partial charge in [0.1, 0.15) is 11.4 Å². The highest BCUT2D eigenvalue weighted by Crippen LogP contribution is 2.39. The summed E-state index contributed by atoms with van der Waals surface area (Å²) in [6.07, 6.45) is 1.54. The van der Waals surface area contributed by atoms with Crippen molar-refractivity contribution >= 4 is 17.3 Å². The highest BCUT2D eigenvalue weighted by atomic mass is 16.6. The zero-order valence-electron chi connectivity index (χ0n) is 14.9. The van der Waals surface area contributed by atoms with E-state index in [-0.39, 0.29) is 22.9 Å². The molecule has 8 heteroatoms. The number of hydrogen-bond acceptors (Lipinski definition) is 6. The van der Waals surface area contributed by atoms with Crippen LogP contribution < -0.4 is 15.1 Å². The van der Waals surface area contributed by atoms with Crippen LogP contribution in [0, 0.1) is 10.1 Å². The number of amides is 1. The maximum atomic E-state index is 12.0. The fourth-order valence-electron chi connectivity index (χ4n) is 3.67. The summed E-state index contributed by atoms with van der Waals surface area (Å²) in [4.78, 5) is 24.8. The van der Waals surface area contributed by atoms with Crippen LogP contribution >= 0.6 is 0 Å². The number of nitro benzene ring substituents is 1. The number of piperidine rings is 1. The van der Waals surface area contributed by atoms with Crippen LogP contribution in [0.15, 0.2) is 42.5 Å². The van der Waals surface area contributed by atoms with E-state index >= 15 is 0 Å². The molecule has 0 aliphatic carbocycles. The minimum absolute atomic E-state index is 0.0856. The molecule has 0 unspecified atom stereocenters. The number of anilines is 1. The average molecular weight is 371 g/mol. The fraction of sp³-hybridized carbons (Fsp3) is 0.316. The van der Waals surface area contributed by atoms with Crippen LogP contribution in [0.5, 0.6) is 5.75 Å². The molecule has 0 radical (unpaired) electrons. The van der Waals surface area contributed by atoms with Crippen molar-refractivity contribution in [2.45, 2.75) is 18.8 Å². The van der Waals surface area contributed by atoms with Gasteiger partial charge in [0.15, 0.2) is 0 Å². The van der Waals surface area contributed by atoms with E-state index in [9.17, 15) is 14.9 Å². The number of hydroxylamine groups is 1. The molecule has 1 aliphatic heterocycles. The fourth-order valence-corrected chi connectivity index (χ4v) is 3.67. The first-order valence-corrected chi connectivity index (χ1v) is 8.66. The van der Waals surface area contributed by atoms with Gasteiger partial charge in [0, 0.05) is 19.2 Å². The molecule has 0 bridgehead atoms. The Balaban J connectivity index is 1.88. The second-order valence-electron chi connectivity index (χ2n) is 6.37. The standard InChI is InChI=1S/C19H21N3O5/c1-27-17-8-3-2-5-14(17)13-9-11-21(12-10-13)18-15(19(23)20-24)6-4-7-16(18)22(25)26/h2-8,13,24H,9-12H2,1H3,(H,20,23). The third-order valence-electron chi connectivity index (χ3n) is 4.95. The van der Waals surface area contributed by atoms with Crippen molar-refractivity contribution in [1.29, 1.82) is 0 Å². The van der Waals surface area contributed by atoms with E-state index in [4.69, 9.17) is 9.94 Å². The van der Waals surface area contributed by atoms with Crippen LogP contribution in [0.4, 0.5) is 11.4 Å². The van der Waals surface area contributed by atoms with Crippen molar-refractivity contribution in [2.24, 2.45) is 0 Å². The van der Waals surface area contributed by atoms with Crippen LogP contribution in [0.25, 0.3) is 0 Å². The van der Waals surface area contributed by atoms with Crippen molar-refractivity contribution in [1.82, 2.24) is 5.48 Å². The summed E-state index contributed by atoms with van der Waals surface area (Å²) in [5, 5.41) is 20.5. The molecular formula is C19H21N3O5. The van der Waals surface area contributed by atoms with Crippen LogP contribution in [0.3, 0.4) is 0 Å². The molecule has 2 aromatic rings. The Morgan fingerprint density at radius 3 is 2.56 bits per heavy atom. The summed E-state index contributed by atoms with van der Waals surface area (Å²) in [5.74, 6) is 0.345. The normalized spacial score (nSPS) is 14.7. The molecule has 2 N–H and O–H groups in total. The summed E-state index contributed by atoms with van der Waals surface area (Å²) < 4.78 is 5.44. The zero-order chi connectivity index (χ0) is 19.4. The molecule has 8 nitrogen and oxygen atoms in total. The van der Waals surface area contributed by atoms with Gasteiger partial charge in [0.2, 0.25) is 0 Å². The smallest absolute Gasteiger partial charge is 0.293 e. The van der Waals surface area contributed by atoms with Gasteiger partial charge in [-0.15, -0.1) is 0 Å². The molecular weight excluding hydrogens is 350 g/mol. The van der Waals surface area contributed by atoms with Gasteiger partial charge in [0.25, 0.3) is 11.6 Å². The van der Waals surface area contributed by atoms with Crippen molar-refractivity contribution in [3.05, 3.63) is 63.7 Å². The second kappa shape index (κ2) is 8.05. The van der Waals surface area contributed by atoms with Gasteiger partial charge in [0.05, 0.1) is 17.6 Å². The van der Waals surface area contributed by atoms with Crippen molar-refractivity contribution < 1.29 is 19.7 Å². The Morgan fingerprint density at radius 1 is 1.22 bits per heavy atom. The lowest BCUT2D eigenvalue weighted by molar-refractivity contribution is -0.384. The number of carbonyl (C=O) groups is 1. The Morgan fingerprint density at radius 2 is 1.93 bits per heavy atom. The van der Waals surface area contributed by atoms with E-state index in [1.54, 1.807) is 12.6 Å². The van der Waals surface area contributed by atoms with E-state index in [0.29, 0.717) is 13.1 Å². The largest absolute Gasteiger partial charge is 0.496 e. The third kappa shape index (κ3) is 3.70. The molecule has 142 valence electrons. The minimum Gasteiger partial charge on any atom is -0.496 e. The van der Waals surface area contributed by atoms with Crippen molar-refractivity contribution in [3.63, 3.8) is 0 Å². The van der Waals surface area contributed by atoms with Gasteiger partial charge < -0.3 is 9.64 Å². The van der Waals surface area contributed by atoms with Crippen molar-refractivity contribution in [3.8, 4) is 5.75 Å². The average Bonchev–Trinajstić information content (AvgIpc) is 2.72. The van der Waals surface area contributed by atoms with Crippen LogP contribution in [-0.2, 0) is 0 Å². The van der Waals surface area contributed by atoms with E-state index in [2.05, 4.69) is 0 Å². The lowest BCUT2D eigenvalue weighted by atomic mass is 9.88. The molecule has 0 saturated carbocycles. The first kappa shape index (κ1) is 18.7. The molecule has 0 aromatic heterocycles. The number of carbonyl (C=O) groups excluding carboxylic acids is 1. The minimum atomic E-state index is -0.763. The predicted octanol–water partition coefficient (Wildman–Crippen LogP) is 3.11. The Labute approximate surface area is 156 Å². The highest BCUT2D eigenvalue weighted by molar-refractivity contribution is 6.01. The van der Waals surface area contributed by atoms with E-state index < -0.39 is 10.8 Å². The van der Waals surface area contributed by atoms with Crippen LogP contribution in [0.1, 0.15) is 34.7 Å². The molecule has 0 spiro atoms. The maximum absolute atomic E-state index is 12.0. The molecule has 27 heavy (non-hydrogen) atoms. The first-order valence-electron chi connectivity index (χ1n) is 8.66. The molecule has 3 rings (SSSR count). The zero-order valence-corrected chi connectivity index (χ0v) is 14.9. The second-order valence-corrected chi connectivity index (χ2v) is 6.37. The lowest BCUT2D eigenvalue weighted by Crippen LogP contribution is -2.35. The summed E-state index contributed by atoms with van der Waals surface area (Å²) in [6, 6.07) is 12.1. The number of hydrogen-bond donors (Lipinski definition) is 2. The van der Waals surface area contributed by atoms with Crippen molar-refractivity contribution in [2.75, 3.05) is 25.1 Å². The number of benzene rings is 2. The van der Waals surface area contributed by atoms with Gasteiger partial charge in [-0.3, -0.25) is 20.1 Å². The van der Waals surface area contributed by atoms with Gasteiger partial charge in [-0.2, -0.15) is 0 Å². The molecule has 1 fully saturated rings.